The standard InChI is InChI=1S/C22H23FN10O.H2N2/c23-18-6-5-14(10-25-18)26-21(34)17-8-13(24)11-32(17)22-28-20(16-2-1-7-33(16)31-22)27-19-9-15(29-30-19)12-3-4-12;1-2/h1-2,5-7,9-10,12-13,17H,3-4,8,11,24H2,(H,26,34)(H2,27,28,29,30,31);1-2H/p+1/t13-,17-;/m0./s1. The van der Waals surface area contributed by atoms with Gasteiger partial charge in [-0.15, -0.1) is 5.10 Å². The Balaban J connectivity index is 0.00000130. The Bertz CT molecular complexity index is 1370. The first-order valence-electron chi connectivity index (χ1n) is 11.4. The lowest BCUT2D eigenvalue weighted by atomic mass is 10.1. The second-order valence-electron chi connectivity index (χ2n) is 8.73. The van der Waals surface area contributed by atoms with Crippen LogP contribution in [0.1, 0.15) is 30.9 Å². The monoisotopic (exact) mass is 493 g/mol. The molecule has 6 rings (SSSR count). The highest BCUT2D eigenvalue weighted by molar-refractivity contribution is 5.97. The van der Waals surface area contributed by atoms with Crippen LogP contribution in [0.3, 0.4) is 0 Å². The number of nitrogens with zero attached hydrogens (tertiary/aromatic N) is 6. The number of carbonyl (C=O) groups excluding carboxylic acids is 1. The van der Waals surface area contributed by atoms with Gasteiger partial charge in [0.25, 0.3) is 0 Å². The number of H-pyrrole nitrogens is 1. The first kappa shape index (κ1) is 23.3. The number of nitrogens with two attached hydrogens (primary N) is 2. The SMILES string of the molecule is N=[NH2+].N[C@H]1C[C@@H](C(=O)Nc2ccc(F)nc2)N(c2nc(Nc3cc(C4CC4)[nH]n3)c3cccn3n2)C1. The van der Waals surface area contributed by atoms with E-state index in [0.717, 1.165) is 11.2 Å². The number of halogens is 1. The molecular formula is C22H26FN12O+. The summed E-state index contributed by atoms with van der Waals surface area (Å²) in [6, 6.07) is 7.62. The van der Waals surface area contributed by atoms with Crippen LogP contribution >= 0.6 is 0 Å². The number of nitrogens with one attached hydrogen (secondary N) is 4. The second kappa shape index (κ2) is 9.65. The van der Waals surface area contributed by atoms with Crippen molar-refractivity contribution in [1.82, 2.24) is 29.8 Å². The quantitative estimate of drug-likeness (QED) is 0.169. The highest BCUT2D eigenvalue weighted by atomic mass is 19.1. The summed E-state index contributed by atoms with van der Waals surface area (Å²) in [6.45, 7) is 0.417. The molecule has 0 bridgehead atoms. The van der Waals surface area contributed by atoms with E-state index in [4.69, 9.17) is 16.2 Å². The van der Waals surface area contributed by atoms with Gasteiger partial charge in [-0.1, -0.05) is 5.53 Å². The largest absolute Gasteiger partial charge is 0.326 e. The van der Waals surface area contributed by atoms with E-state index in [1.54, 1.807) is 9.42 Å². The third-order valence-corrected chi connectivity index (χ3v) is 6.13. The first-order valence-corrected chi connectivity index (χ1v) is 11.4. The Morgan fingerprint density at radius 2 is 2.11 bits per heavy atom. The van der Waals surface area contributed by atoms with E-state index in [9.17, 15) is 9.18 Å². The van der Waals surface area contributed by atoms with Crippen LogP contribution in [0.5, 0.6) is 0 Å². The molecule has 186 valence electrons. The van der Waals surface area contributed by atoms with Gasteiger partial charge in [-0.2, -0.15) is 20.0 Å². The van der Waals surface area contributed by atoms with Gasteiger partial charge in [0.1, 0.15) is 11.6 Å². The molecule has 1 aliphatic carbocycles. The Morgan fingerprint density at radius 3 is 2.86 bits per heavy atom. The Kier molecular flexibility index (Phi) is 6.25. The summed E-state index contributed by atoms with van der Waals surface area (Å²) in [5.41, 5.74) is 17.5. The molecule has 4 aromatic rings. The molecular weight excluding hydrogens is 467 g/mol. The molecule has 2 aliphatic rings. The predicted octanol–water partition coefficient (Wildman–Crippen LogP) is 0.929. The molecule has 2 fully saturated rings. The molecule has 1 saturated heterocycles. The molecule has 0 unspecified atom stereocenters. The molecule has 1 amide bonds. The molecule has 5 heterocycles. The van der Waals surface area contributed by atoms with E-state index in [1.807, 2.05) is 24.4 Å². The lowest BCUT2D eigenvalue weighted by Gasteiger charge is -2.24. The van der Waals surface area contributed by atoms with E-state index < -0.39 is 12.0 Å². The zero-order valence-corrected chi connectivity index (χ0v) is 19.2. The Hall–Kier alpha value is -4.46. The van der Waals surface area contributed by atoms with Gasteiger partial charge in [0.05, 0.1) is 11.9 Å². The van der Waals surface area contributed by atoms with Crippen LogP contribution in [0.4, 0.5) is 27.7 Å². The summed E-state index contributed by atoms with van der Waals surface area (Å²) < 4.78 is 14.8. The van der Waals surface area contributed by atoms with E-state index in [2.05, 4.69) is 36.4 Å². The maximum absolute atomic E-state index is 13.1. The number of amides is 1. The van der Waals surface area contributed by atoms with Crippen LogP contribution in [0, 0.1) is 11.5 Å². The maximum Gasteiger partial charge on any atom is 0.247 e. The van der Waals surface area contributed by atoms with Crippen molar-refractivity contribution in [2.45, 2.75) is 37.3 Å². The molecule has 2 atom stereocenters. The smallest absolute Gasteiger partial charge is 0.247 e. The normalized spacial score (nSPS) is 19.1. The number of fused-ring (bicyclic) bond motifs is 1. The number of hydrogen-bond acceptors (Lipinski definition) is 9. The van der Waals surface area contributed by atoms with Crippen LogP contribution < -0.4 is 26.8 Å². The number of aromatic amines is 1. The van der Waals surface area contributed by atoms with Crippen molar-refractivity contribution in [3.63, 3.8) is 0 Å². The van der Waals surface area contributed by atoms with Gasteiger partial charge in [-0.25, -0.2) is 9.50 Å². The highest BCUT2D eigenvalue weighted by Gasteiger charge is 2.37. The molecule has 36 heavy (non-hydrogen) atoms. The van der Waals surface area contributed by atoms with Crippen LogP contribution in [-0.2, 0) is 4.79 Å². The van der Waals surface area contributed by atoms with Crippen LogP contribution in [0.25, 0.3) is 5.52 Å². The average Bonchev–Trinajstić information content (AvgIpc) is 3.26. The van der Waals surface area contributed by atoms with Crippen molar-refractivity contribution in [2.24, 2.45) is 5.73 Å². The molecule has 4 aromatic heterocycles. The second-order valence-corrected chi connectivity index (χ2v) is 8.73. The van der Waals surface area contributed by atoms with E-state index in [1.165, 1.54) is 31.2 Å². The van der Waals surface area contributed by atoms with Crippen LogP contribution in [-0.4, -0.2) is 54.3 Å². The van der Waals surface area contributed by atoms with Crippen LogP contribution in [0.15, 0.2) is 42.7 Å². The van der Waals surface area contributed by atoms with Crippen molar-refractivity contribution in [2.75, 3.05) is 22.1 Å². The molecule has 8 N–H and O–H groups in total. The summed E-state index contributed by atoms with van der Waals surface area (Å²) >= 11 is 0. The molecule has 14 heteroatoms. The molecule has 0 radical (unpaired) electrons. The van der Waals surface area contributed by atoms with Gasteiger partial charge in [0.2, 0.25) is 17.8 Å². The van der Waals surface area contributed by atoms with E-state index in [0.29, 0.717) is 42.2 Å². The van der Waals surface area contributed by atoms with Crippen LogP contribution in [0.2, 0.25) is 0 Å². The van der Waals surface area contributed by atoms with Crippen molar-refractivity contribution in [3.8, 4) is 0 Å². The van der Waals surface area contributed by atoms with E-state index >= 15 is 0 Å². The first-order chi connectivity index (χ1) is 17.5. The topological polar surface area (TPSA) is 192 Å². The minimum Gasteiger partial charge on any atom is -0.326 e. The number of pyridine rings is 1. The fourth-order valence-corrected chi connectivity index (χ4v) is 4.28. The maximum atomic E-state index is 13.1. The summed E-state index contributed by atoms with van der Waals surface area (Å²) in [7, 11) is 0. The fraction of sp³-hybridized carbons (Fsp3) is 0.318. The summed E-state index contributed by atoms with van der Waals surface area (Å²) in [6.07, 6.45) is 5.88. The van der Waals surface area contributed by atoms with Gasteiger partial charge < -0.3 is 21.3 Å². The minimum absolute atomic E-state index is 0.227. The number of rotatable bonds is 6. The molecule has 1 saturated carbocycles. The number of aromatic nitrogens is 6. The molecule has 0 spiro atoms. The van der Waals surface area contributed by atoms with Crippen molar-refractivity contribution in [3.05, 3.63) is 54.4 Å². The van der Waals surface area contributed by atoms with Gasteiger partial charge >= 0.3 is 0 Å². The van der Waals surface area contributed by atoms with Gasteiger partial charge in [0, 0.05) is 36.5 Å². The lowest BCUT2D eigenvalue weighted by Crippen LogP contribution is -2.41. The molecule has 0 aromatic carbocycles. The number of anilines is 4. The average molecular weight is 494 g/mol. The summed E-state index contributed by atoms with van der Waals surface area (Å²) in [5.74, 6) is 1.27. The van der Waals surface area contributed by atoms with Crippen molar-refractivity contribution in [1.29, 1.82) is 5.53 Å². The third kappa shape index (κ3) is 4.70. The Morgan fingerprint density at radius 1 is 1.28 bits per heavy atom. The summed E-state index contributed by atoms with van der Waals surface area (Å²) in [4.78, 5) is 23.2. The third-order valence-electron chi connectivity index (χ3n) is 6.13. The zero-order chi connectivity index (χ0) is 25.2. The number of carbonyl (C=O) groups is 1. The minimum atomic E-state index is -0.614. The predicted molar refractivity (Wildman–Crippen MR) is 128 cm³/mol. The van der Waals surface area contributed by atoms with Gasteiger partial charge in [-0.3, -0.25) is 9.89 Å². The van der Waals surface area contributed by atoms with Gasteiger partial charge in [-0.05, 0) is 43.5 Å². The molecule has 13 nitrogen and oxygen atoms in total. The summed E-state index contributed by atoms with van der Waals surface area (Å²) in [5, 5.41) is 18.1. The van der Waals surface area contributed by atoms with Crippen molar-refractivity contribution < 1.29 is 14.7 Å². The highest BCUT2D eigenvalue weighted by Crippen LogP contribution is 2.39. The zero-order valence-electron chi connectivity index (χ0n) is 19.2. The van der Waals surface area contributed by atoms with E-state index in [-0.39, 0.29) is 11.9 Å². The molecule has 1 aliphatic heterocycles. The number of hydrogen-bond donors (Lipinski definition) is 6. The Labute approximate surface area is 204 Å². The van der Waals surface area contributed by atoms with Crippen molar-refractivity contribution >= 4 is 34.7 Å². The van der Waals surface area contributed by atoms with Gasteiger partial charge in [0.15, 0.2) is 11.6 Å². The fourth-order valence-electron chi connectivity index (χ4n) is 4.28. The lowest BCUT2D eigenvalue weighted by molar-refractivity contribution is -0.249.